The summed E-state index contributed by atoms with van der Waals surface area (Å²) >= 11 is 1.51. The van der Waals surface area contributed by atoms with Gasteiger partial charge in [0.15, 0.2) is 0 Å². The quantitative estimate of drug-likeness (QED) is 0.750. The van der Waals surface area contributed by atoms with Gasteiger partial charge in [-0.15, -0.1) is 0 Å². The molecule has 0 heterocycles. The van der Waals surface area contributed by atoms with E-state index in [1.807, 2.05) is 25.3 Å². The molecular weight excluding hydrogens is 196 g/mol. The molecule has 1 atom stereocenters. The molecule has 0 aliphatic rings. The van der Waals surface area contributed by atoms with Crippen LogP contribution in [0.1, 0.15) is 6.92 Å². The zero-order chi connectivity index (χ0) is 10.6. The summed E-state index contributed by atoms with van der Waals surface area (Å²) in [7, 11) is 0. The average molecular weight is 210 g/mol. The Bertz CT molecular complexity index is 328. The Balaban J connectivity index is 2.65. The Morgan fingerprint density at radius 3 is 2.86 bits per heavy atom. The van der Waals surface area contributed by atoms with Crippen molar-refractivity contribution in [1.82, 2.24) is 0 Å². The summed E-state index contributed by atoms with van der Waals surface area (Å²) in [6.45, 7) is 1.87. The Labute approximate surface area is 88.1 Å². The molecule has 0 bridgehead atoms. The fraction of sp³-hybridized carbons (Fsp3) is 0.300. The van der Waals surface area contributed by atoms with Gasteiger partial charge in [0.05, 0.1) is 5.25 Å². The summed E-state index contributed by atoms with van der Waals surface area (Å²) in [6, 6.07) is 7.16. The van der Waals surface area contributed by atoms with Crippen molar-refractivity contribution in [3.05, 3.63) is 24.3 Å². The second kappa shape index (κ2) is 4.91. The summed E-state index contributed by atoms with van der Waals surface area (Å²) in [4.78, 5) is 11.5. The van der Waals surface area contributed by atoms with Crippen LogP contribution in [0, 0.1) is 0 Å². The highest BCUT2D eigenvalue weighted by atomic mass is 32.2. The number of thioether (sulfide) groups is 1. The normalized spacial score (nSPS) is 12.1. The molecule has 1 aromatic rings. The molecule has 14 heavy (non-hydrogen) atoms. The van der Waals surface area contributed by atoms with Crippen molar-refractivity contribution in [1.29, 1.82) is 0 Å². The van der Waals surface area contributed by atoms with Crippen molar-refractivity contribution < 1.29 is 4.79 Å². The van der Waals surface area contributed by atoms with Crippen LogP contribution in [0.2, 0.25) is 0 Å². The first kappa shape index (κ1) is 10.9. The lowest BCUT2D eigenvalue weighted by molar-refractivity contribution is -0.115. The molecule has 0 radical (unpaired) electrons. The van der Waals surface area contributed by atoms with Gasteiger partial charge in [0.25, 0.3) is 0 Å². The number of nitrogens with one attached hydrogen (secondary N) is 1. The molecular formula is C10H14N2OS. The second-order valence-electron chi connectivity index (χ2n) is 2.99. The van der Waals surface area contributed by atoms with Gasteiger partial charge >= 0.3 is 0 Å². The molecule has 0 aliphatic heterocycles. The lowest BCUT2D eigenvalue weighted by atomic mass is 10.3. The number of hydrogen-bond acceptors (Lipinski definition) is 3. The third-order valence-electron chi connectivity index (χ3n) is 1.88. The van der Waals surface area contributed by atoms with Crippen LogP contribution >= 0.6 is 11.8 Å². The van der Waals surface area contributed by atoms with Crippen LogP contribution in [0.5, 0.6) is 0 Å². The first-order valence-corrected chi connectivity index (χ1v) is 5.61. The molecule has 0 saturated heterocycles. The standard InChI is InChI=1S/C10H14N2OS/c1-7(14-2)10(13)12-9-5-3-4-8(11)6-9/h3-7H,11H2,1-2H3,(H,12,13). The van der Waals surface area contributed by atoms with E-state index in [4.69, 9.17) is 5.73 Å². The largest absolute Gasteiger partial charge is 0.399 e. The Kier molecular flexibility index (Phi) is 3.83. The smallest absolute Gasteiger partial charge is 0.237 e. The summed E-state index contributed by atoms with van der Waals surface area (Å²) in [6.07, 6.45) is 1.91. The zero-order valence-electron chi connectivity index (χ0n) is 8.28. The van der Waals surface area contributed by atoms with Crippen molar-refractivity contribution in [2.45, 2.75) is 12.2 Å². The van der Waals surface area contributed by atoms with E-state index in [0.29, 0.717) is 5.69 Å². The van der Waals surface area contributed by atoms with Crippen LogP contribution in [0.4, 0.5) is 11.4 Å². The van der Waals surface area contributed by atoms with E-state index in [1.54, 1.807) is 12.1 Å². The van der Waals surface area contributed by atoms with Crippen LogP contribution in [0.3, 0.4) is 0 Å². The average Bonchev–Trinajstić information content (AvgIpc) is 2.16. The predicted molar refractivity (Wildman–Crippen MR) is 62.5 cm³/mol. The lowest BCUT2D eigenvalue weighted by Crippen LogP contribution is -2.22. The van der Waals surface area contributed by atoms with E-state index < -0.39 is 0 Å². The van der Waals surface area contributed by atoms with Crippen molar-refractivity contribution in [2.24, 2.45) is 0 Å². The van der Waals surface area contributed by atoms with Gasteiger partial charge in [0.1, 0.15) is 0 Å². The number of rotatable bonds is 3. The van der Waals surface area contributed by atoms with E-state index >= 15 is 0 Å². The van der Waals surface area contributed by atoms with E-state index in [2.05, 4.69) is 5.32 Å². The van der Waals surface area contributed by atoms with Gasteiger partial charge < -0.3 is 11.1 Å². The number of carbonyl (C=O) groups is 1. The number of nitrogens with two attached hydrogens (primary N) is 1. The molecule has 0 aromatic heterocycles. The number of amides is 1. The highest BCUT2D eigenvalue weighted by Gasteiger charge is 2.10. The van der Waals surface area contributed by atoms with Gasteiger partial charge in [-0.2, -0.15) is 11.8 Å². The zero-order valence-corrected chi connectivity index (χ0v) is 9.10. The Morgan fingerprint density at radius 1 is 1.57 bits per heavy atom. The number of nitrogen functional groups attached to an aromatic ring is 1. The summed E-state index contributed by atoms with van der Waals surface area (Å²) in [5, 5.41) is 2.75. The summed E-state index contributed by atoms with van der Waals surface area (Å²) in [5.41, 5.74) is 6.99. The number of carbonyl (C=O) groups excluding carboxylic acids is 1. The molecule has 1 amide bonds. The highest BCUT2D eigenvalue weighted by Crippen LogP contribution is 2.14. The monoisotopic (exact) mass is 210 g/mol. The van der Waals surface area contributed by atoms with Crippen molar-refractivity contribution in [3.63, 3.8) is 0 Å². The summed E-state index contributed by atoms with van der Waals surface area (Å²) < 4.78 is 0. The molecule has 0 spiro atoms. The first-order chi connectivity index (χ1) is 6.63. The minimum absolute atomic E-state index is 0.00287. The maximum absolute atomic E-state index is 11.5. The molecule has 3 nitrogen and oxygen atoms in total. The van der Waals surface area contributed by atoms with Crippen molar-refractivity contribution in [2.75, 3.05) is 17.3 Å². The first-order valence-electron chi connectivity index (χ1n) is 4.32. The molecule has 1 unspecified atom stereocenters. The molecule has 1 aromatic carbocycles. The van der Waals surface area contributed by atoms with Gasteiger partial charge in [-0.3, -0.25) is 4.79 Å². The predicted octanol–water partition coefficient (Wildman–Crippen LogP) is 1.96. The number of anilines is 2. The molecule has 1 rings (SSSR count). The molecule has 0 saturated carbocycles. The van der Waals surface area contributed by atoms with Gasteiger partial charge in [0, 0.05) is 11.4 Å². The van der Waals surface area contributed by atoms with Crippen molar-refractivity contribution in [3.8, 4) is 0 Å². The van der Waals surface area contributed by atoms with E-state index in [0.717, 1.165) is 5.69 Å². The van der Waals surface area contributed by atoms with Crippen LogP contribution in [0.25, 0.3) is 0 Å². The maximum atomic E-state index is 11.5. The third kappa shape index (κ3) is 2.96. The van der Waals surface area contributed by atoms with Crippen LogP contribution < -0.4 is 11.1 Å². The van der Waals surface area contributed by atoms with E-state index in [-0.39, 0.29) is 11.2 Å². The van der Waals surface area contributed by atoms with E-state index in [9.17, 15) is 4.79 Å². The van der Waals surface area contributed by atoms with Crippen LogP contribution in [-0.2, 0) is 4.79 Å². The second-order valence-corrected chi connectivity index (χ2v) is 4.17. The number of benzene rings is 1. The minimum atomic E-state index is -0.0450. The molecule has 3 N–H and O–H groups in total. The van der Waals surface area contributed by atoms with Crippen LogP contribution in [-0.4, -0.2) is 17.4 Å². The van der Waals surface area contributed by atoms with Crippen molar-refractivity contribution >= 4 is 29.0 Å². The lowest BCUT2D eigenvalue weighted by Gasteiger charge is -2.09. The summed E-state index contributed by atoms with van der Waals surface area (Å²) in [5.74, 6) is 0.00287. The van der Waals surface area contributed by atoms with Gasteiger partial charge in [-0.25, -0.2) is 0 Å². The van der Waals surface area contributed by atoms with Gasteiger partial charge in [0.2, 0.25) is 5.91 Å². The fourth-order valence-corrected chi connectivity index (χ4v) is 1.24. The van der Waals surface area contributed by atoms with Gasteiger partial charge in [-0.05, 0) is 31.4 Å². The molecule has 0 aliphatic carbocycles. The molecule has 0 fully saturated rings. The maximum Gasteiger partial charge on any atom is 0.237 e. The Hall–Kier alpha value is -1.16. The minimum Gasteiger partial charge on any atom is -0.399 e. The number of hydrogen-bond donors (Lipinski definition) is 2. The fourth-order valence-electron chi connectivity index (χ4n) is 0.967. The third-order valence-corrected chi connectivity index (χ3v) is 2.80. The Morgan fingerprint density at radius 2 is 2.29 bits per heavy atom. The van der Waals surface area contributed by atoms with E-state index in [1.165, 1.54) is 11.8 Å². The highest BCUT2D eigenvalue weighted by molar-refractivity contribution is 7.99. The molecule has 76 valence electrons. The van der Waals surface area contributed by atoms with Crippen LogP contribution in [0.15, 0.2) is 24.3 Å². The molecule has 4 heteroatoms. The topological polar surface area (TPSA) is 55.1 Å². The SMILES string of the molecule is CSC(C)C(=O)Nc1cccc(N)c1. The van der Waals surface area contributed by atoms with Gasteiger partial charge in [-0.1, -0.05) is 6.07 Å².